The van der Waals surface area contributed by atoms with Crippen molar-refractivity contribution in [3.8, 4) is 17.3 Å². The van der Waals surface area contributed by atoms with E-state index in [1.807, 2.05) is 0 Å². The van der Waals surface area contributed by atoms with Crippen LogP contribution in [0.25, 0.3) is 32.2 Å². The lowest BCUT2D eigenvalue weighted by atomic mass is 9.94. The fourth-order valence-electron chi connectivity index (χ4n) is 6.16. The van der Waals surface area contributed by atoms with Crippen LogP contribution in [0, 0.1) is 28.9 Å². The molecule has 45 heavy (non-hydrogen) atoms. The van der Waals surface area contributed by atoms with Gasteiger partial charge in [0.15, 0.2) is 11.6 Å². The number of carbonyl (C=O) groups excluding carboxylic acids is 1. The van der Waals surface area contributed by atoms with Crippen molar-refractivity contribution in [2.45, 2.75) is 65.9 Å². The molecule has 1 N–H and O–H groups in total. The molecule has 10 nitrogen and oxygen atoms in total. The number of nitrogens with zero attached hydrogens (tertiary/aromatic N) is 6. The molecule has 1 saturated heterocycles. The number of fused-ring (bicyclic) bond motifs is 4. The van der Waals surface area contributed by atoms with Gasteiger partial charge in [-0.15, -0.1) is 11.3 Å². The number of thiophene rings is 1. The average molecular weight is 636 g/mol. The first-order chi connectivity index (χ1) is 21.4. The summed E-state index contributed by atoms with van der Waals surface area (Å²) in [5.41, 5.74) is 0.730. The van der Waals surface area contributed by atoms with E-state index in [0.29, 0.717) is 28.9 Å². The first kappa shape index (κ1) is 31.0. The average Bonchev–Trinajstić information content (AvgIpc) is 3.72. The van der Waals surface area contributed by atoms with Crippen molar-refractivity contribution in [2.24, 2.45) is 5.92 Å². The molecule has 2 aliphatic rings. The van der Waals surface area contributed by atoms with E-state index < -0.39 is 23.3 Å². The molecule has 1 aromatic carbocycles. The lowest BCUT2D eigenvalue weighted by Gasteiger charge is -2.26. The second kappa shape index (κ2) is 11.7. The molecule has 0 unspecified atom stereocenters. The number of nitrogens with one attached hydrogen (secondary N) is 1. The molecule has 5 heterocycles. The fraction of sp³-hybridized carbons (Fsp3) is 0.469. The zero-order valence-electron chi connectivity index (χ0n) is 26.1. The highest BCUT2D eigenvalue weighted by Gasteiger charge is 2.32. The number of carbonyl (C=O) groups is 1. The standard InChI is InChI=1S/C32H35F2N7O3S/c1-16(2)12-40(6)17-7-8-41(13-17)30-37-10-19-20-14-43-15-21(20)23(25(34)26(19)38-30)27-24-18(9-35)29(39-31(42)44-32(3,4)5)45-28(24)22(33)11-36-27/h10-11,16-17H,7-8,12-15H2,1-6H3,(H,39,42)/t17-/m0/s1. The minimum absolute atomic E-state index is 0.0352. The maximum atomic E-state index is 16.8. The Morgan fingerprint density at radius 3 is 2.73 bits per heavy atom. The molecule has 236 valence electrons. The van der Waals surface area contributed by atoms with E-state index in [2.05, 4.69) is 52.0 Å². The lowest BCUT2D eigenvalue weighted by molar-refractivity contribution is 0.0636. The van der Waals surface area contributed by atoms with Gasteiger partial charge in [-0.3, -0.25) is 10.3 Å². The largest absolute Gasteiger partial charge is 0.444 e. The summed E-state index contributed by atoms with van der Waals surface area (Å²) in [5, 5.41) is 13.5. The summed E-state index contributed by atoms with van der Waals surface area (Å²) in [6.45, 7) is 12.3. The molecule has 0 bridgehead atoms. The maximum absolute atomic E-state index is 16.8. The molecule has 0 saturated carbocycles. The number of halogens is 2. The zero-order valence-corrected chi connectivity index (χ0v) is 26.9. The molecule has 6 rings (SSSR count). The van der Waals surface area contributed by atoms with Gasteiger partial charge in [-0.1, -0.05) is 13.8 Å². The number of hydrogen-bond donors (Lipinski definition) is 1. The molecule has 2 aliphatic heterocycles. The monoisotopic (exact) mass is 635 g/mol. The fourth-order valence-corrected chi connectivity index (χ4v) is 7.20. The summed E-state index contributed by atoms with van der Waals surface area (Å²) >= 11 is 0.867. The second-order valence-corrected chi connectivity index (χ2v) is 14.0. The minimum atomic E-state index is -0.796. The number of ether oxygens (including phenoxy) is 2. The summed E-state index contributed by atoms with van der Waals surface area (Å²) in [4.78, 5) is 30.6. The number of hydrogen-bond acceptors (Lipinski definition) is 10. The second-order valence-electron chi connectivity index (χ2n) is 13.0. The van der Waals surface area contributed by atoms with Crippen LogP contribution in [0.15, 0.2) is 12.4 Å². The molecule has 3 aromatic heterocycles. The summed E-state index contributed by atoms with van der Waals surface area (Å²) in [7, 11) is 2.12. The van der Waals surface area contributed by atoms with Gasteiger partial charge in [0.05, 0.1) is 35.4 Å². The van der Waals surface area contributed by atoms with Gasteiger partial charge in [0.1, 0.15) is 22.2 Å². The first-order valence-corrected chi connectivity index (χ1v) is 15.7. The number of aromatic nitrogens is 3. The smallest absolute Gasteiger partial charge is 0.412 e. The van der Waals surface area contributed by atoms with Gasteiger partial charge in [0.25, 0.3) is 0 Å². The zero-order chi connectivity index (χ0) is 32.2. The number of anilines is 2. The number of amides is 1. The van der Waals surface area contributed by atoms with E-state index >= 15 is 8.78 Å². The van der Waals surface area contributed by atoms with Gasteiger partial charge in [0.2, 0.25) is 5.95 Å². The molecule has 0 spiro atoms. The molecule has 0 radical (unpaired) electrons. The highest BCUT2D eigenvalue weighted by molar-refractivity contribution is 7.23. The number of benzene rings is 1. The van der Waals surface area contributed by atoms with E-state index in [1.54, 1.807) is 27.0 Å². The van der Waals surface area contributed by atoms with Gasteiger partial charge < -0.3 is 19.3 Å². The molecule has 4 aromatic rings. The quantitative estimate of drug-likeness (QED) is 0.250. The van der Waals surface area contributed by atoms with Crippen molar-refractivity contribution in [1.29, 1.82) is 5.26 Å². The number of likely N-dealkylation sites (N-methyl/N-ethyl adjacent to an activating group) is 1. The van der Waals surface area contributed by atoms with Crippen molar-refractivity contribution in [1.82, 2.24) is 19.9 Å². The Hall–Kier alpha value is -3.99. The molecular formula is C32H35F2N7O3S. The van der Waals surface area contributed by atoms with Crippen molar-refractivity contribution in [2.75, 3.05) is 36.9 Å². The van der Waals surface area contributed by atoms with Crippen LogP contribution < -0.4 is 10.2 Å². The van der Waals surface area contributed by atoms with E-state index in [1.165, 1.54) is 0 Å². The topological polar surface area (TPSA) is 116 Å². The Morgan fingerprint density at radius 1 is 1.27 bits per heavy atom. The van der Waals surface area contributed by atoms with Gasteiger partial charge in [-0.2, -0.15) is 5.26 Å². The summed E-state index contributed by atoms with van der Waals surface area (Å²) in [5.74, 6) is -0.376. The van der Waals surface area contributed by atoms with E-state index in [4.69, 9.17) is 14.5 Å². The Balaban J connectivity index is 1.47. The predicted molar refractivity (Wildman–Crippen MR) is 169 cm³/mol. The Kier molecular flexibility index (Phi) is 8.09. The third-order valence-electron chi connectivity index (χ3n) is 8.04. The highest BCUT2D eigenvalue weighted by atomic mass is 32.1. The van der Waals surface area contributed by atoms with Crippen LogP contribution in [-0.4, -0.2) is 64.3 Å². The van der Waals surface area contributed by atoms with Gasteiger partial charge in [-0.05, 0) is 51.3 Å². The van der Waals surface area contributed by atoms with Gasteiger partial charge in [-0.25, -0.2) is 23.5 Å². The summed E-state index contributed by atoms with van der Waals surface area (Å²) in [6.07, 6.45) is 2.80. The van der Waals surface area contributed by atoms with Gasteiger partial charge in [0, 0.05) is 48.2 Å². The van der Waals surface area contributed by atoms with E-state index in [9.17, 15) is 10.1 Å². The maximum Gasteiger partial charge on any atom is 0.412 e. The van der Waals surface area contributed by atoms with Crippen molar-refractivity contribution < 1.29 is 23.0 Å². The van der Waals surface area contributed by atoms with Crippen molar-refractivity contribution in [3.63, 3.8) is 0 Å². The van der Waals surface area contributed by atoms with Crippen LogP contribution in [0.5, 0.6) is 0 Å². The summed E-state index contributed by atoms with van der Waals surface area (Å²) < 4.78 is 43.2. The third-order valence-corrected chi connectivity index (χ3v) is 9.16. The Bertz CT molecular complexity index is 1860. The highest BCUT2D eigenvalue weighted by Crippen LogP contribution is 2.46. The van der Waals surface area contributed by atoms with Crippen LogP contribution in [0.1, 0.15) is 57.7 Å². The van der Waals surface area contributed by atoms with Crippen LogP contribution >= 0.6 is 11.3 Å². The first-order valence-electron chi connectivity index (χ1n) is 14.9. The van der Waals surface area contributed by atoms with Crippen LogP contribution in [0.4, 0.5) is 24.5 Å². The van der Waals surface area contributed by atoms with Gasteiger partial charge >= 0.3 is 6.09 Å². The normalized spacial score (nSPS) is 16.6. The molecule has 1 fully saturated rings. The lowest BCUT2D eigenvalue weighted by Crippen LogP contribution is -2.37. The van der Waals surface area contributed by atoms with E-state index in [0.717, 1.165) is 49.2 Å². The molecule has 0 aliphatic carbocycles. The predicted octanol–water partition coefficient (Wildman–Crippen LogP) is 6.60. The summed E-state index contributed by atoms with van der Waals surface area (Å²) in [6, 6.07) is 2.40. The van der Waals surface area contributed by atoms with Crippen LogP contribution in [-0.2, 0) is 22.7 Å². The molecular weight excluding hydrogens is 600 g/mol. The van der Waals surface area contributed by atoms with E-state index in [-0.39, 0.29) is 50.6 Å². The molecule has 13 heteroatoms. The minimum Gasteiger partial charge on any atom is -0.444 e. The Labute approximate surface area is 264 Å². The Morgan fingerprint density at radius 2 is 2.02 bits per heavy atom. The van der Waals surface area contributed by atoms with Crippen LogP contribution in [0.2, 0.25) is 0 Å². The number of pyridine rings is 1. The third kappa shape index (κ3) is 5.78. The van der Waals surface area contributed by atoms with Crippen LogP contribution in [0.3, 0.4) is 0 Å². The number of rotatable bonds is 6. The van der Waals surface area contributed by atoms with Crippen molar-refractivity contribution in [3.05, 3.63) is 40.7 Å². The SMILES string of the molecule is CC(C)CN(C)[C@H]1CCN(c2ncc3c4c(c(-c5ncc(F)c6sc(NC(=O)OC(C)(C)C)c(C#N)c56)c(F)c3n2)COC4)C1. The van der Waals surface area contributed by atoms with Crippen molar-refractivity contribution >= 4 is 49.4 Å². The molecule has 1 atom stereocenters. The molecule has 1 amide bonds. The number of nitriles is 1.